The zero-order chi connectivity index (χ0) is 10.1. The van der Waals surface area contributed by atoms with Crippen molar-refractivity contribution in [3.63, 3.8) is 0 Å². The molecule has 0 unspecified atom stereocenters. The van der Waals surface area contributed by atoms with Crippen LogP contribution in [0.3, 0.4) is 0 Å². The molecule has 0 amide bonds. The molecule has 0 atom stereocenters. The Hall–Kier alpha value is -1.75. The molecule has 6 heteroatoms. The molecule has 0 aliphatic carbocycles. The molecule has 1 heterocycles. The van der Waals surface area contributed by atoms with Gasteiger partial charge >= 0.3 is 0 Å². The molecule has 0 spiro atoms. The summed E-state index contributed by atoms with van der Waals surface area (Å²) in [5.74, 6) is 0.696. The van der Waals surface area contributed by atoms with E-state index in [0.29, 0.717) is 22.1 Å². The number of aromatic amines is 1. The molecule has 0 radical (unpaired) electrons. The smallest absolute Gasteiger partial charge is 0.239 e. The minimum atomic E-state index is 0.180. The summed E-state index contributed by atoms with van der Waals surface area (Å²) in [6.07, 6.45) is 0. The number of rotatable bonds is 1. The first-order valence-corrected chi connectivity index (χ1v) is 4.28. The van der Waals surface area contributed by atoms with Crippen molar-refractivity contribution in [2.45, 2.75) is 0 Å². The summed E-state index contributed by atoms with van der Waals surface area (Å²) in [4.78, 5) is 3.96. The lowest BCUT2D eigenvalue weighted by atomic mass is 10.2. The summed E-state index contributed by atoms with van der Waals surface area (Å²) in [6.45, 7) is 0. The lowest BCUT2D eigenvalue weighted by molar-refractivity contribution is 1.10. The summed E-state index contributed by atoms with van der Waals surface area (Å²) in [7, 11) is 0. The summed E-state index contributed by atoms with van der Waals surface area (Å²) < 4.78 is 0. The molecule has 72 valence electrons. The summed E-state index contributed by atoms with van der Waals surface area (Å²) in [5.41, 5.74) is 12.3. The van der Waals surface area contributed by atoms with Crippen molar-refractivity contribution >= 4 is 23.2 Å². The van der Waals surface area contributed by atoms with Gasteiger partial charge in [-0.05, 0) is 12.1 Å². The molecule has 2 rings (SSSR count). The number of hydrogen-bond donors (Lipinski definition) is 3. The SMILES string of the molecule is Nc1n[nH]c(-c2cccc(Cl)c2N)n1. The molecule has 0 saturated carbocycles. The highest BCUT2D eigenvalue weighted by Gasteiger charge is 2.08. The van der Waals surface area contributed by atoms with Crippen molar-refractivity contribution in [1.29, 1.82) is 0 Å². The van der Waals surface area contributed by atoms with E-state index in [2.05, 4.69) is 15.2 Å². The summed E-state index contributed by atoms with van der Waals surface area (Å²) in [6, 6.07) is 5.29. The van der Waals surface area contributed by atoms with E-state index >= 15 is 0 Å². The maximum atomic E-state index is 5.85. The Morgan fingerprint density at radius 2 is 2.07 bits per heavy atom. The van der Waals surface area contributed by atoms with Gasteiger partial charge in [0.15, 0.2) is 5.82 Å². The quantitative estimate of drug-likeness (QED) is 0.617. The molecule has 0 bridgehead atoms. The van der Waals surface area contributed by atoms with E-state index in [-0.39, 0.29) is 5.95 Å². The number of nitrogens with two attached hydrogens (primary N) is 2. The van der Waals surface area contributed by atoms with Crippen LogP contribution in [0, 0.1) is 0 Å². The van der Waals surface area contributed by atoms with Gasteiger partial charge in [0.25, 0.3) is 0 Å². The molecule has 5 N–H and O–H groups in total. The van der Waals surface area contributed by atoms with E-state index < -0.39 is 0 Å². The van der Waals surface area contributed by atoms with Crippen molar-refractivity contribution in [2.75, 3.05) is 11.5 Å². The van der Waals surface area contributed by atoms with E-state index in [1.54, 1.807) is 18.2 Å². The van der Waals surface area contributed by atoms with Crippen molar-refractivity contribution < 1.29 is 0 Å². The molecule has 5 nitrogen and oxygen atoms in total. The first-order valence-electron chi connectivity index (χ1n) is 3.90. The number of nitrogen functional groups attached to an aromatic ring is 2. The zero-order valence-corrected chi connectivity index (χ0v) is 7.92. The summed E-state index contributed by atoms with van der Waals surface area (Å²) in [5, 5.41) is 6.86. The zero-order valence-electron chi connectivity index (χ0n) is 7.16. The molecular formula is C8H8ClN5. The van der Waals surface area contributed by atoms with E-state index in [0.717, 1.165) is 0 Å². The summed E-state index contributed by atoms with van der Waals surface area (Å²) >= 11 is 5.85. The Morgan fingerprint density at radius 3 is 2.71 bits per heavy atom. The van der Waals surface area contributed by atoms with Crippen molar-refractivity contribution in [2.24, 2.45) is 0 Å². The lowest BCUT2D eigenvalue weighted by Gasteiger charge is -2.02. The largest absolute Gasteiger partial charge is 0.397 e. The van der Waals surface area contributed by atoms with Gasteiger partial charge in [-0.15, -0.1) is 5.10 Å². The van der Waals surface area contributed by atoms with Crippen LogP contribution in [0.2, 0.25) is 5.02 Å². The van der Waals surface area contributed by atoms with Gasteiger partial charge in [0, 0.05) is 5.56 Å². The number of H-pyrrole nitrogens is 1. The number of benzene rings is 1. The molecule has 1 aromatic carbocycles. The van der Waals surface area contributed by atoms with E-state index in [9.17, 15) is 0 Å². The van der Waals surface area contributed by atoms with Crippen LogP contribution in [0.15, 0.2) is 18.2 Å². The molecule has 0 aliphatic heterocycles. The Kier molecular flexibility index (Phi) is 2.01. The second-order valence-electron chi connectivity index (χ2n) is 2.74. The molecular weight excluding hydrogens is 202 g/mol. The van der Waals surface area contributed by atoms with Gasteiger partial charge in [-0.25, -0.2) is 0 Å². The number of hydrogen-bond acceptors (Lipinski definition) is 4. The second kappa shape index (κ2) is 3.19. The molecule has 0 saturated heterocycles. The molecule has 0 aliphatic rings. The number of nitrogens with zero attached hydrogens (tertiary/aromatic N) is 2. The Bertz CT molecular complexity index is 465. The fraction of sp³-hybridized carbons (Fsp3) is 0. The Labute approximate surface area is 85.1 Å². The lowest BCUT2D eigenvalue weighted by Crippen LogP contribution is -1.92. The van der Waals surface area contributed by atoms with Crippen molar-refractivity contribution in [1.82, 2.24) is 15.2 Å². The molecule has 2 aromatic rings. The molecule has 1 aromatic heterocycles. The van der Waals surface area contributed by atoms with Crippen molar-refractivity contribution in [3.8, 4) is 11.4 Å². The molecule has 0 fully saturated rings. The predicted molar refractivity (Wildman–Crippen MR) is 55.7 cm³/mol. The second-order valence-corrected chi connectivity index (χ2v) is 3.15. The van der Waals surface area contributed by atoms with Gasteiger partial charge in [-0.3, -0.25) is 5.10 Å². The predicted octanol–water partition coefficient (Wildman–Crippen LogP) is 1.29. The van der Waals surface area contributed by atoms with Crippen LogP contribution in [-0.4, -0.2) is 15.2 Å². The normalized spacial score (nSPS) is 10.4. The maximum absolute atomic E-state index is 5.85. The third-order valence-corrected chi connectivity index (χ3v) is 2.14. The highest BCUT2D eigenvalue weighted by atomic mass is 35.5. The maximum Gasteiger partial charge on any atom is 0.239 e. The topological polar surface area (TPSA) is 93.6 Å². The van der Waals surface area contributed by atoms with Gasteiger partial charge in [0.2, 0.25) is 5.95 Å². The average molecular weight is 210 g/mol. The molecule has 14 heavy (non-hydrogen) atoms. The first kappa shape index (κ1) is 8.83. The Balaban J connectivity index is 2.57. The fourth-order valence-corrected chi connectivity index (χ4v) is 1.31. The fourth-order valence-electron chi connectivity index (χ4n) is 1.14. The Morgan fingerprint density at radius 1 is 1.29 bits per heavy atom. The van der Waals surface area contributed by atoms with Gasteiger partial charge in [-0.2, -0.15) is 4.98 Å². The standard InChI is InChI=1S/C8H8ClN5/c9-5-3-1-2-4(6(5)10)7-12-8(11)14-13-7/h1-3H,10H2,(H3,11,12,13,14). The van der Waals surface area contributed by atoms with Gasteiger partial charge in [0.05, 0.1) is 10.7 Å². The minimum absolute atomic E-state index is 0.180. The van der Waals surface area contributed by atoms with Crippen LogP contribution in [-0.2, 0) is 0 Å². The highest BCUT2D eigenvalue weighted by Crippen LogP contribution is 2.29. The van der Waals surface area contributed by atoms with Crippen LogP contribution < -0.4 is 11.5 Å². The minimum Gasteiger partial charge on any atom is -0.397 e. The highest BCUT2D eigenvalue weighted by molar-refractivity contribution is 6.33. The number of aromatic nitrogens is 3. The number of anilines is 2. The van der Waals surface area contributed by atoms with Crippen molar-refractivity contribution in [3.05, 3.63) is 23.2 Å². The number of para-hydroxylation sites is 1. The van der Waals surface area contributed by atoms with Crippen LogP contribution in [0.5, 0.6) is 0 Å². The van der Waals surface area contributed by atoms with Gasteiger partial charge < -0.3 is 11.5 Å². The third-order valence-electron chi connectivity index (χ3n) is 1.81. The van der Waals surface area contributed by atoms with E-state index in [1.807, 2.05) is 0 Å². The number of halogens is 1. The van der Waals surface area contributed by atoms with Crippen LogP contribution in [0.25, 0.3) is 11.4 Å². The van der Waals surface area contributed by atoms with Crippen LogP contribution in [0.1, 0.15) is 0 Å². The van der Waals surface area contributed by atoms with E-state index in [1.165, 1.54) is 0 Å². The first-order chi connectivity index (χ1) is 6.68. The van der Waals surface area contributed by atoms with E-state index in [4.69, 9.17) is 23.1 Å². The third kappa shape index (κ3) is 1.38. The monoisotopic (exact) mass is 209 g/mol. The van der Waals surface area contributed by atoms with Gasteiger partial charge in [0.1, 0.15) is 0 Å². The van der Waals surface area contributed by atoms with Crippen LogP contribution in [0.4, 0.5) is 11.6 Å². The average Bonchev–Trinajstić information content (AvgIpc) is 2.57. The van der Waals surface area contributed by atoms with Gasteiger partial charge in [-0.1, -0.05) is 17.7 Å². The van der Waals surface area contributed by atoms with Crippen LogP contribution >= 0.6 is 11.6 Å². The number of nitrogens with one attached hydrogen (secondary N) is 1.